The van der Waals surface area contributed by atoms with Gasteiger partial charge in [0.1, 0.15) is 0 Å². The van der Waals surface area contributed by atoms with Crippen molar-refractivity contribution < 1.29 is 0 Å². The van der Waals surface area contributed by atoms with E-state index >= 15 is 0 Å². The van der Waals surface area contributed by atoms with Gasteiger partial charge < -0.3 is 5.32 Å². The Balaban J connectivity index is 1.77. The average Bonchev–Trinajstić information content (AvgIpc) is 2.86. The van der Waals surface area contributed by atoms with E-state index in [0.29, 0.717) is 0 Å². The van der Waals surface area contributed by atoms with Crippen molar-refractivity contribution >= 4 is 23.1 Å². The van der Waals surface area contributed by atoms with Crippen molar-refractivity contribution in [1.82, 2.24) is 10.3 Å². The third-order valence-corrected chi connectivity index (χ3v) is 5.71. The van der Waals surface area contributed by atoms with Gasteiger partial charge in [-0.15, -0.1) is 11.3 Å². The maximum Gasteiger partial charge on any atom is 0.0981 e. The summed E-state index contributed by atoms with van der Waals surface area (Å²) in [5.41, 5.74) is 0.185. The van der Waals surface area contributed by atoms with Crippen LogP contribution in [0.1, 0.15) is 43.5 Å². The smallest absolute Gasteiger partial charge is 0.0981 e. The molecule has 0 saturated carbocycles. The molecular weight excluding hydrogens is 248 g/mol. The second kappa shape index (κ2) is 5.72. The zero-order chi connectivity index (χ0) is 12.3. The molecule has 1 fully saturated rings. The van der Waals surface area contributed by atoms with Crippen LogP contribution in [-0.4, -0.2) is 22.5 Å². The minimum absolute atomic E-state index is 0.185. The molecule has 4 heteroatoms. The molecule has 96 valence electrons. The van der Waals surface area contributed by atoms with Gasteiger partial charge in [0.15, 0.2) is 0 Å². The quantitative estimate of drug-likeness (QED) is 0.907. The summed E-state index contributed by atoms with van der Waals surface area (Å²) < 4.78 is 0. The molecule has 0 aliphatic carbocycles. The zero-order valence-corrected chi connectivity index (χ0v) is 12.6. The van der Waals surface area contributed by atoms with Gasteiger partial charge in [0.2, 0.25) is 0 Å². The molecule has 1 aromatic rings. The van der Waals surface area contributed by atoms with Gasteiger partial charge in [-0.25, -0.2) is 4.98 Å². The van der Waals surface area contributed by atoms with Crippen LogP contribution in [0.4, 0.5) is 0 Å². The van der Waals surface area contributed by atoms with Crippen molar-refractivity contribution in [2.24, 2.45) is 0 Å². The van der Waals surface area contributed by atoms with Crippen LogP contribution in [0.3, 0.4) is 0 Å². The van der Waals surface area contributed by atoms with Crippen molar-refractivity contribution in [3.63, 3.8) is 0 Å². The predicted molar refractivity (Wildman–Crippen MR) is 78.0 cm³/mol. The van der Waals surface area contributed by atoms with Crippen molar-refractivity contribution in [2.75, 3.05) is 12.3 Å². The van der Waals surface area contributed by atoms with Crippen molar-refractivity contribution in [2.45, 2.75) is 50.8 Å². The topological polar surface area (TPSA) is 24.9 Å². The molecule has 1 aromatic heterocycles. The van der Waals surface area contributed by atoms with Crippen LogP contribution in [0.5, 0.6) is 0 Å². The van der Waals surface area contributed by atoms with Gasteiger partial charge in [0, 0.05) is 34.8 Å². The molecule has 1 N–H and O–H groups in total. The first-order chi connectivity index (χ1) is 8.05. The molecule has 1 saturated heterocycles. The summed E-state index contributed by atoms with van der Waals surface area (Å²) >= 11 is 3.95. The largest absolute Gasteiger partial charge is 0.311 e. The van der Waals surface area contributed by atoms with Crippen molar-refractivity contribution in [1.29, 1.82) is 0 Å². The number of aromatic nitrogens is 1. The fourth-order valence-electron chi connectivity index (χ4n) is 1.90. The molecule has 1 aliphatic rings. The third-order valence-electron chi connectivity index (χ3n) is 2.89. The lowest BCUT2D eigenvalue weighted by Gasteiger charge is -2.13. The van der Waals surface area contributed by atoms with Crippen LogP contribution in [-0.2, 0) is 12.0 Å². The van der Waals surface area contributed by atoms with E-state index in [-0.39, 0.29) is 5.41 Å². The first-order valence-electron chi connectivity index (χ1n) is 6.33. The minimum Gasteiger partial charge on any atom is -0.311 e. The predicted octanol–water partition coefficient (Wildman–Crippen LogP) is 3.43. The highest BCUT2D eigenvalue weighted by atomic mass is 32.2. The van der Waals surface area contributed by atoms with Crippen LogP contribution < -0.4 is 5.32 Å². The molecule has 0 radical (unpaired) electrons. The van der Waals surface area contributed by atoms with Gasteiger partial charge >= 0.3 is 0 Å². The van der Waals surface area contributed by atoms with Gasteiger partial charge in [-0.1, -0.05) is 20.8 Å². The zero-order valence-electron chi connectivity index (χ0n) is 11.0. The van der Waals surface area contributed by atoms with E-state index in [9.17, 15) is 0 Å². The molecule has 2 heterocycles. The van der Waals surface area contributed by atoms with Crippen LogP contribution in [0.25, 0.3) is 0 Å². The van der Waals surface area contributed by atoms with Crippen molar-refractivity contribution in [3.8, 4) is 0 Å². The van der Waals surface area contributed by atoms with Crippen LogP contribution in [0, 0.1) is 0 Å². The van der Waals surface area contributed by atoms with E-state index in [1.807, 2.05) is 17.5 Å². The summed E-state index contributed by atoms with van der Waals surface area (Å²) in [6.07, 6.45) is 4.80. The molecule has 0 bridgehead atoms. The van der Waals surface area contributed by atoms with Gasteiger partial charge in [-0.3, -0.25) is 0 Å². The van der Waals surface area contributed by atoms with E-state index < -0.39 is 0 Å². The Morgan fingerprint density at radius 3 is 2.88 bits per heavy atom. The maximum absolute atomic E-state index is 4.51. The lowest BCUT2D eigenvalue weighted by Crippen LogP contribution is -2.22. The summed E-state index contributed by atoms with van der Waals surface area (Å²) in [7, 11) is 0. The van der Waals surface area contributed by atoms with Crippen LogP contribution in [0.15, 0.2) is 6.20 Å². The number of nitrogens with one attached hydrogen (secondary N) is 1. The monoisotopic (exact) mass is 270 g/mol. The standard InChI is InChI=1S/C13H22N2S2/c1-13(2,3)12-15-9-11(17-12)8-14-7-10-5-4-6-16-10/h9-10,14H,4-8H2,1-3H3. The van der Waals surface area contributed by atoms with E-state index in [1.165, 1.54) is 28.5 Å². The highest BCUT2D eigenvalue weighted by Crippen LogP contribution is 2.27. The molecule has 0 aromatic carbocycles. The van der Waals surface area contributed by atoms with Gasteiger partial charge in [0.05, 0.1) is 5.01 Å². The molecule has 17 heavy (non-hydrogen) atoms. The normalized spacial score (nSPS) is 21.0. The highest BCUT2D eigenvalue weighted by molar-refractivity contribution is 8.00. The number of hydrogen-bond acceptors (Lipinski definition) is 4. The third kappa shape index (κ3) is 3.97. The lowest BCUT2D eigenvalue weighted by atomic mass is 9.98. The fraction of sp³-hybridized carbons (Fsp3) is 0.769. The van der Waals surface area contributed by atoms with Crippen LogP contribution in [0.2, 0.25) is 0 Å². The second-order valence-corrected chi connectivity index (χ2v) is 8.17. The lowest BCUT2D eigenvalue weighted by molar-refractivity contribution is 0.585. The molecule has 0 spiro atoms. The first-order valence-corrected chi connectivity index (χ1v) is 8.20. The highest BCUT2D eigenvalue weighted by Gasteiger charge is 2.18. The number of thioether (sulfide) groups is 1. The SMILES string of the molecule is CC(C)(C)c1ncc(CNCC2CCCS2)s1. The summed E-state index contributed by atoms with van der Waals surface area (Å²) in [4.78, 5) is 5.87. The first kappa shape index (κ1) is 13.4. The molecule has 2 rings (SSSR count). The van der Waals surface area contributed by atoms with Crippen LogP contribution >= 0.6 is 23.1 Å². The Morgan fingerprint density at radius 1 is 1.47 bits per heavy atom. The molecule has 1 unspecified atom stereocenters. The van der Waals surface area contributed by atoms with E-state index in [0.717, 1.165) is 18.3 Å². The fourth-order valence-corrected chi connectivity index (χ4v) is 4.07. The van der Waals surface area contributed by atoms with Gasteiger partial charge in [0.25, 0.3) is 0 Å². The number of rotatable bonds is 4. The Morgan fingerprint density at radius 2 is 2.29 bits per heavy atom. The maximum atomic E-state index is 4.51. The second-order valence-electron chi connectivity index (χ2n) is 5.65. The average molecular weight is 270 g/mol. The van der Waals surface area contributed by atoms with E-state index in [4.69, 9.17) is 0 Å². The molecule has 0 amide bonds. The molecule has 1 atom stereocenters. The Bertz CT molecular complexity index is 349. The van der Waals surface area contributed by atoms with Gasteiger partial charge in [-0.2, -0.15) is 11.8 Å². The van der Waals surface area contributed by atoms with Gasteiger partial charge in [-0.05, 0) is 18.6 Å². The minimum atomic E-state index is 0.185. The molecular formula is C13H22N2S2. The summed E-state index contributed by atoms with van der Waals surface area (Å²) in [6, 6.07) is 0. The number of nitrogens with zero attached hydrogens (tertiary/aromatic N) is 1. The summed E-state index contributed by atoms with van der Waals surface area (Å²) in [5, 5.41) is 5.64. The van der Waals surface area contributed by atoms with E-state index in [2.05, 4.69) is 42.8 Å². The Hall–Kier alpha value is -0.0600. The van der Waals surface area contributed by atoms with Crippen molar-refractivity contribution in [3.05, 3.63) is 16.1 Å². The summed E-state index contributed by atoms with van der Waals surface area (Å²) in [6.45, 7) is 8.78. The van der Waals surface area contributed by atoms with E-state index in [1.54, 1.807) is 0 Å². The number of thiazole rings is 1. The Labute approximate surface area is 113 Å². The molecule has 1 aliphatic heterocycles. The summed E-state index contributed by atoms with van der Waals surface area (Å²) in [5.74, 6) is 1.35. The number of hydrogen-bond donors (Lipinski definition) is 1. The Kier molecular flexibility index (Phi) is 4.50. The molecule has 2 nitrogen and oxygen atoms in total.